The van der Waals surface area contributed by atoms with Crippen molar-refractivity contribution in [3.8, 4) is 0 Å². The predicted molar refractivity (Wildman–Crippen MR) is 101 cm³/mol. The highest BCUT2D eigenvalue weighted by Gasteiger charge is 2.35. The molecule has 2 N–H and O–H groups in total. The molecule has 2 aromatic rings. The van der Waals surface area contributed by atoms with Crippen LogP contribution in [0.15, 0.2) is 48.7 Å². The molecule has 0 unspecified atom stereocenters. The minimum absolute atomic E-state index is 0. The lowest BCUT2D eigenvalue weighted by Crippen LogP contribution is -2.30. The van der Waals surface area contributed by atoms with Gasteiger partial charge in [-0.1, -0.05) is 30.3 Å². The molecule has 0 saturated carbocycles. The van der Waals surface area contributed by atoms with Gasteiger partial charge in [0.15, 0.2) is 0 Å². The highest BCUT2D eigenvalue weighted by atomic mass is 35.5. The number of amides is 1. The van der Waals surface area contributed by atoms with Crippen molar-refractivity contribution in [3.63, 3.8) is 0 Å². The number of aromatic nitrogens is 1. The molecule has 24 heavy (non-hydrogen) atoms. The molecule has 0 aliphatic carbocycles. The lowest BCUT2D eigenvalue weighted by atomic mass is 9.89. The number of carbonyl (C=O) groups excluding carboxylic acids is 1. The first kappa shape index (κ1) is 20.4. The summed E-state index contributed by atoms with van der Waals surface area (Å²) in [6.07, 6.45) is 1.71. The van der Waals surface area contributed by atoms with E-state index < -0.39 is 0 Å². The van der Waals surface area contributed by atoms with E-state index in [9.17, 15) is 4.79 Å². The average molecular weight is 368 g/mol. The zero-order valence-corrected chi connectivity index (χ0v) is 15.2. The normalized spacial score (nSPS) is 19.3. The number of aryl methyl sites for hydroxylation is 1. The highest BCUT2D eigenvalue weighted by molar-refractivity contribution is 5.95. The largest absolute Gasteiger partial charge is 0.338 e. The van der Waals surface area contributed by atoms with Crippen molar-refractivity contribution in [1.82, 2.24) is 9.88 Å². The number of hydrogen-bond acceptors (Lipinski definition) is 3. The fourth-order valence-corrected chi connectivity index (χ4v) is 3.23. The topological polar surface area (TPSA) is 59.2 Å². The molecule has 4 nitrogen and oxygen atoms in total. The summed E-state index contributed by atoms with van der Waals surface area (Å²) in [6, 6.07) is 14.0. The first-order chi connectivity index (χ1) is 10.7. The molecule has 3 rings (SSSR count). The van der Waals surface area contributed by atoms with Crippen LogP contribution in [0.2, 0.25) is 0 Å². The molecule has 130 valence electrons. The van der Waals surface area contributed by atoms with E-state index >= 15 is 0 Å². The Kier molecular flexibility index (Phi) is 7.67. The van der Waals surface area contributed by atoms with Gasteiger partial charge in [0.05, 0.1) is 5.56 Å². The van der Waals surface area contributed by atoms with Gasteiger partial charge in [0.1, 0.15) is 0 Å². The summed E-state index contributed by atoms with van der Waals surface area (Å²) < 4.78 is 0. The van der Waals surface area contributed by atoms with Crippen molar-refractivity contribution in [1.29, 1.82) is 0 Å². The van der Waals surface area contributed by atoms with Crippen molar-refractivity contribution in [2.75, 3.05) is 19.6 Å². The maximum Gasteiger partial charge on any atom is 0.255 e. The second kappa shape index (κ2) is 9.02. The molecular weight excluding hydrogens is 345 g/mol. The molecule has 1 aromatic heterocycles. The maximum atomic E-state index is 12.8. The molecule has 0 bridgehead atoms. The molecule has 1 saturated heterocycles. The molecule has 0 radical (unpaired) electrons. The number of hydrogen-bond donors (Lipinski definition) is 1. The Labute approximate surface area is 155 Å². The number of halogens is 2. The number of nitrogens with two attached hydrogens (primary N) is 1. The van der Waals surface area contributed by atoms with Gasteiger partial charge in [0.2, 0.25) is 0 Å². The van der Waals surface area contributed by atoms with Gasteiger partial charge in [0, 0.05) is 30.9 Å². The van der Waals surface area contributed by atoms with Crippen LogP contribution in [0, 0.1) is 12.8 Å². The molecule has 1 aliphatic rings. The van der Waals surface area contributed by atoms with Crippen molar-refractivity contribution in [2.45, 2.75) is 12.8 Å². The van der Waals surface area contributed by atoms with E-state index in [0.29, 0.717) is 30.5 Å². The molecular formula is C18H23Cl2N3O. The van der Waals surface area contributed by atoms with Gasteiger partial charge in [-0.2, -0.15) is 0 Å². The number of benzene rings is 1. The van der Waals surface area contributed by atoms with Crippen LogP contribution in [0.1, 0.15) is 27.5 Å². The lowest BCUT2D eigenvalue weighted by molar-refractivity contribution is 0.0785. The van der Waals surface area contributed by atoms with Crippen molar-refractivity contribution in [3.05, 3.63) is 65.5 Å². The number of pyridine rings is 1. The smallest absolute Gasteiger partial charge is 0.255 e. The Morgan fingerprint density at radius 3 is 2.50 bits per heavy atom. The van der Waals surface area contributed by atoms with Crippen LogP contribution < -0.4 is 5.73 Å². The van der Waals surface area contributed by atoms with E-state index in [1.54, 1.807) is 6.20 Å². The average Bonchev–Trinajstić information content (AvgIpc) is 3.00. The van der Waals surface area contributed by atoms with E-state index in [2.05, 4.69) is 17.1 Å². The summed E-state index contributed by atoms with van der Waals surface area (Å²) in [5, 5.41) is 0. The molecule has 2 atom stereocenters. The fraction of sp³-hybridized carbons (Fsp3) is 0.333. The van der Waals surface area contributed by atoms with Crippen LogP contribution in [0.5, 0.6) is 0 Å². The summed E-state index contributed by atoms with van der Waals surface area (Å²) in [7, 11) is 0. The van der Waals surface area contributed by atoms with Crippen molar-refractivity contribution < 1.29 is 4.79 Å². The fourth-order valence-electron chi connectivity index (χ4n) is 3.23. The second-order valence-corrected chi connectivity index (χ2v) is 5.86. The summed E-state index contributed by atoms with van der Waals surface area (Å²) in [4.78, 5) is 18.9. The number of carbonyl (C=O) groups is 1. The van der Waals surface area contributed by atoms with E-state index in [1.807, 2.05) is 42.2 Å². The summed E-state index contributed by atoms with van der Waals surface area (Å²) in [5.74, 6) is 0.679. The molecule has 1 aliphatic heterocycles. The zero-order chi connectivity index (χ0) is 15.5. The van der Waals surface area contributed by atoms with Crippen LogP contribution in [0.25, 0.3) is 0 Å². The monoisotopic (exact) mass is 367 g/mol. The number of likely N-dealkylation sites (tertiary alicyclic amines) is 1. The molecule has 0 spiro atoms. The Morgan fingerprint density at radius 1 is 1.17 bits per heavy atom. The van der Waals surface area contributed by atoms with E-state index in [1.165, 1.54) is 5.56 Å². The quantitative estimate of drug-likeness (QED) is 0.906. The van der Waals surface area contributed by atoms with Gasteiger partial charge in [-0.05, 0) is 37.1 Å². The van der Waals surface area contributed by atoms with E-state index in [-0.39, 0.29) is 30.7 Å². The second-order valence-electron chi connectivity index (χ2n) is 5.86. The van der Waals surface area contributed by atoms with Crippen molar-refractivity contribution in [2.24, 2.45) is 11.7 Å². The van der Waals surface area contributed by atoms with Crippen LogP contribution in [-0.4, -0.2) is 35.4 Å². The third kappa shape index (κ3) is 4.07. The lowest BCUT2D eigenvalue weighted by Gasteiger charge is -2.17. The molecule has 2 heterocycles. The molecule has 1 aromatic carbocycles. The van der Waals surface area contributed by atoms with Gasteiger partial charge in [-0.3, -0.25) is 9.78 Å². The predicted octanol–water partition coefficient (Wildman–Crippen LogP) is 3.05. The Bertz CT molecular complexity index is 666. The minimum atomic E-state index is 0. The summed E-state index contributed by atoms with van der Waals surface area (Å²) >= 11 is 0. The standard InChI is InChI=1S/C18H21N3O.2ClH/c1-13-16(8-5-9-20-13)18(22)21-11-15(10-19)17(12-21)14-6-3-2-4-7-14;;/h2-9,15,17H,10-12,19H2,1H3;2*1H/t15-,17+;;/m1../s1. The highest BCUT2D eigenvalue weighted by Crippen LogP contribution is 2.32. The molecule has 1 fully saturated rings. The van der Waals surface area contributed by atoms with Crippen molar-refractivity contribution >= 4 is 30.7 Å². The number of nitrogens with zero attached hydrogens (tertiary/aromatic N) is 2. The molecule has 6 heteroatoms. The van der Waals surface area contributed by atoms with Gasteiger partial charge in [-0.25, -0.2) is 0 Å². The Morgan fingerprint density at radius 2 is 1.88 bits per heavy atom. The Hall–Kier alpha value is -1.62. The first-order valence-corrected chi connectivity index (χ1v) is 7.66. The Balaban J connectivity index is 0.00000144. The van der Waals surface area contributed by atoms with Crippen LogP contribution >= 0.6 is 24.8 Å². The maximum absolute atomic E-state index is 12.8. The SMILES string of the molecule is Cc1ncccc1C(=O)N1C[C@@H](CN)[C@H](c2ccccc2)C1.Cl.Cl. The van der Waals surface area contributed by atoms with E-state index in [0.717, 1.165) is 12.2 Å². The van der Waals surface area contributed by atoms with Crippen LogP contribution in [0.4, 0.5) is 0 Å². The van der Waals surface area contributed by atoms with Crippen LogP contribution in [0.3, 0.4) is 0 Å². The van der Waals surface area contributed by atoms with E-state index in [4.69, 9.17) is 5.73 Å². The zero-order valence-electron chi connectivity index (χ0n) is 13.6. The van der Waals surface area contributed by atoms with Gasteiger partial charge < -0.3 is 10.6 Å². The van der Waals surface area contributed by atoms with Crippen LogP contribution in [-0.2, 0) is 0 Å². The van der Waals surface area contributed by atoms with Gasteiger partial charge in [-0.15, -0.1) is 24.8 Å². The number of rotatable bonds is 3. The third-order valence-electron chi connectivity index (χ3n) is 4.50. The minimum Gasteiger partial charge on any atom is -0.338 e. The van der Waals surface area contributed by atoms with Gasteiger partial charge >= 0.3 is 0 Å². The summed E-state index contributed by atoms with van der Waals surface area (Å²) in [6.45, 7) is 3.90. The third-order valence-corrected chi connectivity index (χ3v) is 4.50. The molecule has 1 amide bonds. The summed E-state index contributed by atoms with van der Waals surface area (Å²) in [5.41, 5.74) is 8.67. The first-order valence-electron chi connectivity index (χ1n) is 7.66. The van der Waals surface area contributed by atoms with Gasteiger partial charge in [0.25, 0.3) is 5.91 Å².